The molecular formula is C12H17N3OS. The smallest absolute Gasteiger partial charge is 0.213 e. The normalized spacial score (nSPS) is 11.9. The van der Waals surface area contributed by atoms with Gasteiger partial charge >= 0.3 is 0 Å². The van der Waals surface area contributed by atoms with Gasteiger partial charge in [-0.3, -0.25) is 0 Å². The first-order chi connectivity index (χ1) is 8.05. The van der Waals surface area contributed by atoms with Crippen LogP contribution in [0.3, 0.4) is 0 Å². The second-order valence-corrected chi connectivity index (χ2v) is 6.14. The highest BCUT2D eigenvalue weighted by molar-refractivity contribution is 7.12. The fourth-order valence-electron chi connectivity index (χ4n) is 1.44. The lowest BCUT2D eigenvalue weighted by molar-refractivity contribution is 0.407. The third-order valence-corrected chi connectivity index (χ3v) is 3.90. The van der Waals surface area contributed by atoms with Gasteiger partial charge in [0.1, 0.15) is 0 Å². The van der Waals surface area contributed by atoms with Gasteiger partial charge in [-0.05, 0) is 17.5 Å². The Morgan fingerprint density at radius 1 is 1.29 bits per heavy atom. The Kier molecular flexibility index (Phi) is 3.59. The Balaban J connectivity index is 1.85. The quantitative estimate of drug-likeness (QED) is 0.907. The van der Waals surface area contributed by atoms with Gasteiger partial charge in [-0.1, -0.05) is 25.9 Å². The standard InChI is InChI=1S/C12H17N3OS/c1-12(2,3)10-5-4-9(17-10)6-13-7-11-14-8-16-15-11/h4-5,8,13H,6-7H2,1-3H3. The number of nitrogens with one attached hydrogen (secondary N) is 1. The van der Waals surface area contributed by atoms with Gasteiger partial charge in [-0.25, -0.2) is 0 Å². The molecule has 17 heavy (non-hydrogen) atoms. The van der Waals surface area contributed by atoms with E-state index < -0.39 is 0 Å². The van der Waals surface area contributed by atoms with Crippen molar-refractivity contribution in [1.29, 1.82) is 0 Å². The molecule has 0 spiro atoms. The molecule has 0 atom stereocenters. The topological polar surface area (TPSA) is 51.0 Å². The lowest BCUT2D eigenvalue weighted by Gasteiger charge is -2.15. The van der Waals surface area contributed by atoms with E-state index in [-0.39, 0.29) is 5.41 Å². The zero-order valence-corrected chi connectivity index (χ0v) is 11.2. The molecule has 0 fully saturated rings. The molecular weight excluding hydrogens is 234 g/mol. The third kappa shape index (κ3) is 3.38. The average molecular weight is 251 g/mol. The van der Waals surface area contributed by atoms with Gasteiger partial charge in [0, 0.05) is 16.3 Å². The van der Waals surface area contributed by atoms with Crippen molar-refractivity contribution in [2.75, 3.05) is 0 Å². The van der Waals surface area contributed by atoms with Gasteiger partial charge in [-0.15, -0.1) is 11.3 Å². The van der Waals surface area contributed by atoms with Gasteiger partial charge in [0.15, 0.2) is 5.82 Å². The van der Waals surface area contributed by atoms with Crippen LogP contribution >= 0.6 is 11.3 Å². The minimum Gasteiger partial charge on any atom is -0.343 e. The summed E-state index contributed by atoms with van der Waals surface area (Å²) in [6, 6.07) is 4.38. The van der Waals surface area contributed by atoms with Crippen molar-refractivity contribution in [3.8, 4) is 0 Å². The van der Waals surface area contributed by atoms with Crippen molar-refractivity contribution < 1.29 is 4.52 Å². The zero-order chi connectivity index (χ0) is 12.3. The minimum atomic E-state index is 0.233. The predicted molar refractivity (Wildman–Crippen MR) is 67.9 cm³/mol. The fourth-order valence-corrected chi connectivity index (χ4v) is 2.48. The van der Waals surface area contributed by atoms with E-state index in [0.717, 1.165) is 6.54 Å². The van der Waals surface area contributed by atoms with Crippen LogP contribution < -0.4 is 5.32 Å². The van der Waals surface area contributed by atoms with Gasteiger partial charge in [-0.2, -0.15) is 4.98 Å². The molecule has 4 nitrogen and oxygen atoms in total. The van der Waals surface area contributed by atoms with Gasteiger partial charge in [0.25, 0.3) is 0 Å². The van der Waals surface area contributed by atoms with Crippen molar-refractivity contribution in [3.63, 3.8) is 0 Å². The molecule has 5 heteroatoms. The molecule has 2 aromatic heterocycles. The van der Waals surface area contributed by atoms with Crippen LogP contribution in [-0.4, -0.2) is 10.1 Å². The number of aromatic nitrogens is 2. The van der Waals surface area contributed by atoms with Crippen molar-refractivity contribution in [1.82, 2.24) is 15.5 Å². The van der Waals surface area contributed by atoms with Crippen molar-refractivity contribution in [2.45, 2.75) is 39.3 Å². The van der Waals surface area contributed by atoms with Gasteiger partial charge < -0.3 is 9.84 Å². The zero-order valence-electron chi connectivity index (χ0n) is 10.4. The maximum atomic E-state index is 4.67. The molecule has 0 saturated carbocycles. The second-order valence-electron chi connectivity index (χ2n) is 4.97. The average Bonchev–Trinajstić information content (AvgIpc) is 2.86. The van der Waals surface area contributed by atoms with Crippen LogP contribution in [0.5, 0.6) is 0 Å². The highest BCUT2D eigenvalue weighted by Gasteiger charge is 2.15. The fraction of sp³-hybridized carbons (Fsp3) is 0.500. The van der Waals surface area contributed by atoms with E-state index >= 15 is 0 Å². The SMILES string of the molecule is CC(C)(C)c1ccc(CNCc2ncon2)s1. The molecule has 0 unspecified atom stereocenters. The van der Waals surface area contributed by atoms with Gasteiger partial charge in [0.2, 0.25) is 6.39 Å². The molecule has 0 amide bonds. The van der Waals surface area contributed by atoms with Crippen LogP contribution in [0.2, 0.25) is 0 Å². The number of hydrogen-bond donors (Lipinski definition) is 1. The van der Waals surface area contributed by atoms with Crippen LogP contribution in [0.15, 0.2) is 23.0 Å². The Bertz CT molecular complexity index is 456. The highest BCUT2D eigenvalue weighted by Crippen LogP contribution is 2.29. The van der Waals surface area contributed by atoms with E-state index in [9.17, 15) is 0 Å². The van der Waals surface area contributed by atoms with E-state index in [2.05, 4.69) is 52.9 Å². The van der Waals surface area contributed by atoms with Crippen LogP contribution in [0.4, 0.5) is 0 Å². The summed E-state index contributed by atoms with van der Waals surface area (Å²) in [4.78, 5) is 6.70. The Labute approximate surface area is 105 Å². The summed E-state index contributed by atoms with van der Waals surface area (Å²) in [7, 11) is 0. The third-order valence-electron chi connectivity index (χ3n) is 2.39. The van der Waals surface area contributed by atoms with Crippen LogP contribution in [0.1, 0.15) is 36.3 Å². The molecule has 92 valence electrons. The summed E-state index contributed by atoms with van der Waals surface area (Å²) in [5.74, 6) is 0.692. The molecule has 0 aliphatic rings. The maximum absolute atomic E-state index is 4.67. The van der Waals surface area contributed by atoms with Crippen molar-refractivity contribution in [2.24, 2.45) is 0 Å². The van der Waals surface area contributed by atoms with E-state index in [1.165, 1.54) is 16.1 Å². The monoisotopic (exact) mass is 251 g/mol. The Morgan fingerprint density at radius 3 is 2.71 bits per heavy atom. The minimum absolute atomic E-state index is 0.233. The molecule has 0 aliphatic carbocycles. The van der Waals surface area contributed by atoms with E-state index in [1.807, 2.05) is 11.3 Å². The molecule has 0 aliphatic heterocycles. The van der Waals surface area contributed by atoms with E-state index in [0.29, 0.717) is 12.4 Å². The van der Waals surface area contributed by atoms with Gasteiger partial charge in [0.05, 0.1) is 6.54 Å². The molecule has 2 rings (SSSR count). The number of nitrogens with zero attached hydrogens (tertiary/aromatic N) is 2. The summed E-state index contributed by atoms with van der Waals surface area (Å²) < 4.78 is 4.67. The van der Waals surface area contributed by atoms with Crippen LogP contribution in [0, 0.1) is 0 Å². The second kappa shape index (κ2) is 4.98. The first-order valence-corrected chi connectivity index (χ1v) is 6.42. The predicted octanol–water partition coefficient (Wildman–Crippen LogP) is 2.72. The maximum Gasteiger partial charge on any atom is 0.213 e. The lowest BCUT2D eigenvalue weighted by Crippen LogP contribution is -2.12. The summed E-state index contributed by atoms with van der Waals surface area (Å²) in [6.45, 7) is 8.18. The number of thiophene rings is 1. The van der Waals surface area contributed by atoms with Crippen molar-refractivity contribution >= 4 is 11.3 Å². The summed E-state index contributed by atoms with van der Waals surface area (Å²) >= 11 is 1.85. The van der Waals surface area contributed by atoms with E-state index in [4.69, 9.17) is 0 Å². The molecule has 0 radical (unpaired) electrons. The number of hydrogen-bond acceptors (Lipinski definition) is 5. The number of rotatable bonds is 4. The lowest BCUT2D eigenvalue weighted by atomic mass is 9.95. The van der Waals surface area contributed by atoms with E-state index in [1.54, 1.807) is 0 Å². The van der Waals surface area contributed by atoms with Crippen LogP contribution in [-0.2, 0) is 18.5 Å². The molecule has 2 aromatic rings. The molecule has 0 saturated heterocycles. The summed E-state index contributed by atoms with van der Waals surface area (Å²) in [5, 5.41) is 7.04. The Morgan fingerprint density at radius 2 is 2.12 bits per heavy atom. The molecule has 0 bridgehead atoms. The highest BCUT2D eigenvalue weighted by atomic mass is 32.1. The first-order valence-electron chi connectivity index (χ1n) is 5.61. The first kappa shape index (κ1) is 12.3. The Hall–Kier alpha value is -1.20. The molecule has 2 heterocycles. The van der Waals surface area contributed by atoms with Crippen molar-refractivity contribution in [3.05, 3.63) is 34.1 Å². The molecule has 1 N–H and O–H groups in total. The largest absolute Gasteiger partial charge is 0.343 e. The summed E-state index contributed by atoms with van der Waals surface area (Å²) in [6.07, 6.45) is 1.35. The summed E-state index contributed by atoms with van der Waals surface area (Å²) in [5.41, 5.74) is 0.233. The van der Waals surface area contributed by atoms with Crippen LogP contribution in [0.25, 0.3) is 0 Å². The molecule has 0 aromatic carbocycles.